The first kappa shape index (κ1) is 13.2. The largest absolute Gasteiger partial charge is 0.508 e. The lowest BCUT2D eigenvalue weighted by Gasteiger charge is -2.11. The molecule has 0 atom stereocenters. The lowest BCUT2D eigenvalue weighted by atomic mass is 10.1. The van der Waals surface area contributed by atoms with Gasteiger partial charge in [0.2, 0.25) is 0 Å². The second-order valence-corrected chi connectivity index (χ2v) is 4.75. The standard InChI is InChI=1S/C17H16N2O2/c1-21-16-5-3-2-4-15(16)17-18-10-11-19(17)12-13-6-8-14(20)9-7-13/h2-11,20H,12H2,1H3. The molecule has 1 heterocycles. The zero-order chi connectivity index (χ0) is 14.7. The van der Waals surface area contributed by atoms with Gasteiger partial charge in [-0.3, -0.25) is 0 Å². The van der Waals surface area contributed by atoms with Crippen LogP contribution in [-0.2, 0) is 6.54 Å². The van der Waals surface area contributed by atoms with Crippen molar-refractivity contribution in [1.29, 1.82) is 0 Å². The van der Waals surface area contributed by atoms with Gasteiger partial charge in [-0.15, -0.1) is 0 Å². The van der Waals surface area contributed by atoms with Crippen LogP contribution in [0.5, 0.6) is 11.5 Å². The predicted molar refractivity (Wildman–Crippen MR) is 81.4 cm³/mol. The van der Waals surface area contributed by atoms with Crippen LogP contribution in [0, 0.1) is 0 Å². The van der Waals surface area contributed by atoms with Gasteiger partial charge in [0, 0.05) is 18.9 Å². The fourth-order valence-electron chi connectivity index (χ4n) is 2.31. The highest BCUT2D eigenvalue weighted by Crippen LogP contribution is 2.28. The molecule has 0 aliphatic rings. The number of hydrogen-bond donors (Lipinski definition) is 1. The summed E-state index contributed by atoms with van der Waals surface area (Å²) in [7, 11) is 1.66. The van der Waals surface area contributed by atoms with Gasteiger partial charge in [0.25, 0.3) is 0 Å². The molecule has 0 aliphatic heterocycles. The molecule has 106 valence electrons. The molecule has 4 nitrogen and oxygen atoms in total. The first-order chi connectivity index (χ1) is 10.3. The zero-order valence-corrected chi connectivity index (χ0v) is 11.7. The van der Waals surface area contributed by atoms with Gasteiger partial charge >= 0.3 is 0 Å². The normalized spacial score (nSPS) is 10.5. The van der Waals surface area contributed by atoms with Crippen molar-refractivity contribution < 1.29 is 9.84 Å². The van der Waals surface area contributed by atoms with Crippen LogP contribution in [-0.4, -0.2) is 21.8 Å². The van der Waals surface area contributed by atoms with Gasteiger partial charge in [-0.2, -0.15) is 0 Å². The summed E-state index contributed by atoms with van der Waals surface area (Å²) in [6.07, 6.45) is 3.72. The Hall–Kier alpha value is -2.75. The molecule has 3 rings (SSSR count). The van der Waals surface area contributed by atoms with Gasteiger partial charge in [-0.05, 0) is 29.8 Å². The highest BCUT2D eigenvalue weighted by atomic mass is 16.5. The maximum atomic E-state index is 9.35. The number of rotatable bonds is 4. The van der Waals surface area contributed by atoms with Gasteiger partial charge < -0.3 is 14.4 Å². The van der Waals surface area contributed by atoms with E-state index in [2.05, 4.69) is 9.55 Å². The minimum absolute atomic E-state index is 0.273. The van der Waals surface area contributed by atoms with Crippen LogP contribution in [0.2, 0.25) is 0 Å². The smallest absolute Gasteiger partial charge is 0.143 e. The van der Waals surface area contributed by atoms with E-state index in [4.69, 9.17) is 4.74 Å². The van der Waals surface area contributed by atoms with Crippen LogP contribution >= 0.6 is 0 Å². The highest BCUT2D eigenvalue weighted by molar-refractivity contribution is 5.64. The SMILES string of the molecule is COc1ccccc1-c1nccn1Cc1ccc(O)cc1. The summed E-state index contributed by atoms with van der Waals surface area (Å²) in [5.41, 5.74) is 2.06. The molecule has 0 unspecified atom stereocenters. The molecule has 0 bridgehead atoms. The lowest BCUT2D eigenvalue weighted by Crippen LogP contribution is -2.02. The molecule has 0 spiro atoms. The van der Waals surface area contributed by atoms with Crippen LogP contribution < -0.4 is 4.74 Å². The van der Waals surface area contributed by atoms with E-state index in [9.17, 15) is 5.11 Å². The summed E-state index contributed by atoms with van der Waals surface area (Å²) in [4.78, 5) is 4.44. The third kappa shape index (κ3) is 2.74. The minimum atomic E-state index is 0.273. The highest BCUT2D eigenvalue weighted by Gasteiger charge is 2.11. The van der Waals surface area contributed by atoms with Gasteiger partial charge in [-0.1, -0.05) is 24.3 Å². The molecule has 21 heavy (non-hydrogen) atoms. The first-order valence-corrected chi connectivity index (χ1v) is 6.70. The molecule has 0 saturated heterocycles. The Labute approximate surface area is 123 Å². The van der Waals surface area contributed by atoms with Gasteiger partial charge in [-0.25, -0.2) is 4.98 Å². The van der Waals surface area contributed by atoms with E-state index in [1.165, 1.54) is 0 Å². The second kappa shape index (κ2) is 5.71. The summed E-state index contributed by atoms with van der Waals surface area (Å²) < 4.78 is 7.46. The number of benzene rings is 2. The molecule has 4 heteroatoms. The summed E-state index contributed by atoms with van der Waals surface area (Å²) >= 11 is 0. The number of phenolic OH excluding ortho intramolecular Hbond substituents is 1. The molecule has 0 amide bonds. The van der Waals surface area contributed by atoms with Gasteiger partial charge in [0.1, 0.15) is 17.3 Å². The van der Waals surface area contributed by atoms with Crippen molar-refractivity contribution in [3.63, 3.8) is 0 Å². The average Bonchev–Trinajstić information content (AvgIpc) is 2.97. The second-order valence-electron chi connectivity index (χ2n) is 4.75. The molecular formula is C17H16N2O2. The Morgan fingerprint density at radius 3 is 2.62 bits per heavy atom. The van der Waals surface area contributed by atoms with Crippen LogP contribution in [0.1, 0.15) is 5.56 Å². The number of ether oxygens (including phenoxy) is 1. The molecule has 1 aromatic heterocycles. The van der Waals surface area contributed by atoms with Crippen molar-refractivity contribution in [3.05, 3.63) is 66.5 Å². The first-order valence-electron chi connectivity index (χ1n) is 6.70. The Bertz CT molecular complexity index is 733. The van der Waals surface area contributed by atoms with Crippen molar-refractivity contribution in [1.82, 2.24) is 9.55 Å². The topological polar surface area (TPSA) is 47.3 Å². The quantitative estimate of drug-likeness (QED) is 0.797. The Morgan fingerprint density at radius 1 is 1.10 bits per heavy atom. The third-order valence-electron chi connectivity index (χ3n) is 3.35. The Morgan fingerprint density at radius 2 is 1.86 bits per heavy atom. The molecule has 1 N–H and O–H groups in total. The number of para-hydroxylation sites is 1. The minimum Gasteiger partial charge on any atom is -0.508 e. The molecular weight excluding hydrogens is 264 g/mol. The third-order valence-corrected chi connectivity index (χ3v) is 3.35. The zero-order valence-electron chi connectivity index (χ0n) is 11.7. The number of hydrogen-bond acceptors (Lipinski definition) is 3. The van der Waals surface area contributed by atoms with E-state index in [1.807, 2.05) is 42.6 Å². The van der Waals surface area contributed by atoms with Crippen molar-refractivity contribution >= 4 is 0 Å². The number of aromatic hydroxyl groups is 1. The average molecular weight is 280 g/mol. The maximum Gasteiger partial charge on any atom is 0.143 e. The van der Waals surface area contributed by atoms with Crippen molar-refractivity contribution in [2.75, 3.05) is 7.11 Å². The number of aromatic nitrogens is 2. The van der Waals surface area contributed by atoms with E-state index in [1.54, 1.807) is 25.4 Å². The fourth-order valence-corrected chi connectivity index (χ4v) is 2.31. The molecule has 2 aromatic carbocycles. The van der Waals surface area contributed by atoms with E-state index >= 15 is 0 Å². The van der Waals surface area contributed by atoms with Crippen LogP contribution in [0.15, 0.2) is 60.9 Å². The van der Waals surface area contributed by atoms with E-state index in [0.717, 1.165) is 22.7 Å². The Kier molecular flexibility index (Phi) is 3.60. The van der Waals surface area contributed by atoms with E-state index < -0.39 is 0 Å². The van der Waals surface area contributed by atoms with Gasteiger partial charge in [0.05, 0.1) is 12.7 Å². The Balaban J connectivity index is 1.95. The number of nitrogens with zero attached hydrogens (tertiary/aromatic N) is 2. The van der Waals surface area contributed by atoms with Crippen molar-refractivity contribution in [3.8, 4) is 22.9 Å². The van der Waals surface area contributed by atoms with Crippen molar-refractivity contribution in [2.24, 2.45) is 0 Å². The maximum absolute atomic E-state index is 9.35. The number of imidazole rings is 1. The predicted octanol–water partition coefficient (Wildman–Crippen LogP) is 3.31. The summed E-state index contributed by atoms with van der Waals surface area (Å²) in [5, 5.41) is 9.35. The monoisotopic (exact) mass is 280 g/mol. The fraction of sp³-hybridized carbons (Fsp3) is 0.118. The van der Waals surface area contributed by atoms with Crippen molar-refractivity contribution in [2.45, 2.75) is 6.54 Å². The van der Waals surface area contributed by atoms with E-state index in [-0.39, 0.29) is 5.75 Å². The summed E-state index contributed by atoms with van der Waals surface area (Å²) in [6, 6.07) is 15.0. The molecule has 0 radical (unpaired) electrons. The number of phenols is 1. The molecule has 0 fully saturated rings. The molecule has 0 saturated carbocycles. The van der Waals surface area contributed by atoms with Crippen LogP contribution in [0.4, 0.5) is 0 Å². The molecule has 3 aromatic rings. The summed E-state index contributed by atoms with van der Waals surface area (Å²) in [6.45, 7) is 0.688. The summed E-state index contributed by atoms with van der Waals surface area (Å²) in [5.74, 6) is 1.94. The van der Waals surface area contributed by atoms with Crippen LogP contribution in [0.3, 0.4) is 0 Å². The number of methoxy groups -OCH3 is 1. The van der Waals surface area contributed by atoms with Gasteiger partial charge in [0.15, 0.2) is 0 Å². The molecule has 0 aliphatic carbocycles. The lowest BCUT2D eigenvalue weighted by molar-refractivity contribution is 0.416. The van der Waals surface area contributed by atoms with Crippen LogP contribution in [0.25, 0.3) is 11.4 Å². The van der Waals surface area contributed by atoms with E-state index in [0.29, 0.717) is 6.54 Å².